The zero-order valence-corrected chi connectivity index (χ0v) is 15.8. The van der Waals surface area contributed by atoms with Gasteiger partial charge in [-0.15, -0.1) is 0 Å². The van der Waals surface area contributed by atoms with Crippen molar-refractivity contribution in [3.8, 4) is 0 Å². The lowest BCUT2D eigenvalue weighted by atomic mass is 10.0. The largest absolute Gasteiger partial charge is 0.342 e. The van der Waals surface area contributed by atoms with Crippen molar-refractivity contribution >= 4 is 38.6 Å². The Kier molecular flexibility index (Phi) is 5.03. The van der Waals surface area contributed by atoms with Crippen molar-refractivity contribution in [3.63, 3.8) is 0 Å². The third-order valence-corrected chi connectivity index (χ3v) is 4.73. The maximum atomic E-state index is 12.6. The number of amides is 1. The minimum absolute atomic E-state index is 0.0740. The molecule has 0 saturated carbocycles. The first kappa shape index (κ1) is 18.1. The SMILES string of the molecule is CC(C)C(NC(=O)c1ccc(Br)c([N+](=O)[O-])c1)c1nc2ccccc2[nH]1. The number of para-hydroxylation sites is 2. The molecule has 0 aliphatic heterocycles. The van der Waals surface area contributed by atoms with Gasteiger partial charge in [0.1, 0.15) is 5.82 Å². The summed E-state index contributed by atoms with van der Waals surface area (Å²) in [6.07, 6.45) is 0. The highest BCUT2D eigenvalue weighted by Crippen LogP contribution is 2.27. The predicted molar refractivity (Wildman–Crippen MR) is 102 cm³/mol. The van der Waals surface area contributed by atoms with Crippen molar-refractivity contribution in [1.82, 2.24) is 15.3 Å². The number of nitrogens with zero attached hydrogens (tertiary/aromatic N) is 2. The van der Waals surface area contributed by atoms with E-state index in [1.807, 2.05) is 38.1 Å². The molecule has 3 aromatic rings. The first-order valence-electron chi connectivity index (χ1n) is 8.06. The van der Waals surface area contributed by atoms with E-state index in [9.17, 15) is 14.9 Å². The van der Waals surface area contributed by atoms with Crippen LogP contribution >= 0.6 is 15.9 Å². The molecule has 1 aromatic heterocycles. The van der Waals surface area contributed by atoms with E-state index in [2.05, 4.69) is 31.2 Å². The predicted octanol–water partition coefficient (Wildman–Crippen LogP) is 4.36. The Balaban J connectivity index is 1.89. The van der Waals surface area contributed by atoms with Crippen LogP contribution in [0.15, 0.2) is 46.9 Å². The molecule has 3 rings (SSSR count). The van der Waals surface area contributed by atoms with Crippen molar-refractivity contribution < 1.29 is 9.72 Å². The van der Waals surface area contributed by atoms with Gasteiger partial charge in [0, 0.05) is 11.6 Å². The van der Waals surface area contributed by atoms with Crippen LogP contribution in [0.4, 0.5) is 5.69 Å². The van der Waals surface area contributed by atoms with E-state index in [4.69, 9.17) is 0 Å². The highest BCUT2D eigenvalue weighted by molar-refractivity contribution is 9.10. The fraction of sp³-hybridized carbons (Fsp3) is 0.222. The molecule has 0 saturated heterocycles. The zero-order valence-electron chi connectivity index (χ0n) is 14.2. The lowest BCUT2D eigenvalue weighted by Gasteiger charge is -2.20. The molecule has 1 atom stereocenters. The number of aromatic nitrogens is 2. The minimum atomic E-state index is -0.528. The summed E-state index contributed by atoms with van der Waals surface area (Å²) in [5.74, 6) is 0.339. The van der Waals surface area contributed by atoms with Crippen LogP contribution in [-0.4, -0.2) is 20.8 Å². The number of benzene rings is 2. The quantitative estimate of drug-likeness (QED) is 0.476. The van der Waals surface area contributed by atoms with Crippen LogP contribution in [0, 0.1) is 16.0 Å². The molecule has 8 heteroatoms. The van der Waals surface area contributed by atoms with Crippen LogP contribution in [-0.2, 0) is 0 Å². The summed E-state index contributed by atoms with van der Waals surface area (Å²) in [5, 5.41) is 14.0. The van der Waals surface area contributed by atoms with Gasteiger partial charge in [-0.3, -0.25) is 14.9 Å². The molecule has 134 valence electrons. The van der Waals surface area contributed by atoms with E-state index < -0.39 is 4.92 Å². The Labute approximate surface area is 158 Å². The summed E-state index contributed by atoms with van der Waals surface area (Å²) in [5.41, 5.74) is 1.78. The Bertz CT molecular complexity index is 950. The molecular weight excluding hydrogens is 400 g/mol. The molecule has 0 aliphatic rings. The zero-order chi connectivity index (χ0) is 18.8. The van der Waals surface area contributed by atoms with Gasteiger partial charge in [-0.05, 0) is 46.1 Å². The molecule has 1 heterocycles. The summed E-state index contributed by atoms with van der Waals surface area (Å²) in [4.78, 5) is 31.0. The van der Waals surface area contributed by atoms with Crippen LogP contribution in [0.2, 0.25) is 0 Å². The third-order valence-electron chi connectivity index (χ3n) is 4.06. The van der Waals surface area contributed by atoms with Crippen LogP contribution in [0.5, 0.6) is 0 Å². The number of nitro groups is 1. The van der Waals surface area contributed by atoms with Gasteiger partial charge in [-0.25, -0.2) is 4.98 Å². The smallest absolute Gasteiger partial charge is 0.284 e. The first-order valence-corrected chi connectivity index (χ1v) is 8.85. The average molecular weight is 417 g/mol. The van der Waals surface area contributed by atoms with Crippen LogP contribution in [0.25, 0.3) is 11.0 Å². The maximum absolute atomic E-state index is 12.6. The molecule has 0 radical (unpaired) electrons. The number of carbonyl (C=O) groups excluding carboxylic acids is 1. The Hall–Kier alpha value is -2.74. The van der Waals surface area contributed by atoms with Gasteiger partial charge >= 0.3 is 0 Å². The van der Waals surface area contributed by atoms with E-state index in [0.29, 0.717) is 10.3 Å². The number of nitrogens with one attached hydrogen (secondary N) is 2. The Morgan fingerprint density at radius 2 is 2.00 bits per heavy atom. The van der Waals surface area contributed by atoms with Crippen molar-refractivity contribution in [1.29, 1.82) is 0 Å². The molecule has 0 fully saturated rings. The Morgan fingerprint density at radius 3 is 2.65 bits per heavy atom. The number of hydrogen-bond acceptors (Lipinski definition) is 4. The fourth-order valence-corrected chi connectivity index (χ4v) is 3.08. The molecule has 2 aromatic carbocycles. The van der Waals surface area contributed by atoms with Crippen molar-refractivity contribution in [2.45, 2.75) is 19.9 Å². The van der Waals surface area contributed by atoms with Crippen molar-refractivity contribution in [2.75, 3.05) is 0 Å². The summed E-state index contributed by atoms with van der Waals surface area (Å²) in [7, 11) is 0. The first-order chi connectivity index (χ1) is 12.4. The van der Waals surface area contributed by atoms with Gasteiger partial charge in [-0.2, -0.15) is 0 Å². The summed E-state index contributed by atoms with van der Waals surface area (Å²) in [6.45, 7) is 3.95. The standard InChI is InChI=1S/C18H17BrN4O3/c1-10(2)16(17-20-13-5-3-4-6-14(13)21-17)22-18(24)11-7-8-12(19)15(9-11)23(25)26/h3-10,16H,1-2H3,(H,20,21)(H,22,24). The van der Waals surface area contributed by atoms with Gasteiger partial charge in [-0.1, -0.05) is 26.0 Å². The van der Waals surface area contributed by atoms with Crippen molar-refractivity contribution in [3.05, 3.63) is 68.4 Å². The summed E-state index contributed by atoms with van der Waals surface area (Å²) >= 11 is 3.12. The lowest BCUT2D eigenvalue weighted by molar-refractivity contribution is -0.385. The average Bonchev–Trinajstić information content (AvgIpc) is 3.02. The number of H-pyrrole nitrogens is 1. The molecule has 26 heavy (non-hydrogen) atoms. The van der Waals surface area contributed by atoms with E-state index in [0.717, 1.165) is 11.0 Å². The number of fused-ring (bicyclic) bond motifs is 1. The molecule has 7 nitrogen and oxygen atoms in total. The summed E-state index contributed by atoms with van der Waals surface area (Å²) in [6, 6.07) is 11.6. The highest BCUT2D eigenvalue weighted by atomic mass is 79.9. The third kappa shape index (κ3) is 3.60. The van der Waals surface area contributed by atoms with Gasteiger partial charge in [0.05, 0.1) is 26.5 Å². The van der Waals surface area contributed by atoms with E-state index in [1.54, 1.807) is 6.07 Å². The Morgan fingerprint density at radius 1 is 1.27 bits per heavy atom. The molecule has 2 N–H and O–H groups in total. The van der Waals surface area contributed by atoms with Gasteiger partial charge in [0.15, 0.2) is 0 Å². The monoisotopic (exact) mass is 416 g/mol. The van der Waals surface area contributed by atoms with E-state index in [-0.39, 0.29) is 29.1 Å². The molecule has 1 unspecified atom stereocenters. The second kappa shape index (κ2) is 7.25. The molecule has 0 aliphatic carbocycles. The van der Waals surface area contributed by atoms with Crippen LogP contribution in [0.3, 0.4) is 0 Å². The van der Waals surface area contributed by atoms with E-state index >= 15 is 0 Å². The molecule has 0 bridgehead atoms. The molecule has 1 amide bonds. The van der Waals surface area contributed by atoms with Crippen molar-refractivity contribution in [2.24, 2.45) is 5.92 Å². The topological polar surface area (TPSA) is 101 Å². The van der Waals surface area contributed by atoms with Crippen LogP contribution in [0.1, 0.15) is 36.1 Å². The lowest BCUT2D eigenvalue weighted by Crippen LogP contribution is -2.32. The number of carbonyl (C=O) groups is 1. The second-order valence-electron chi connectivity index (χ2n) is 6.26. The number of aromatic amines is 1. The summed E-state index contributed by atoms with van der Waals surface area (Å²) < 4.78 is 0.330. The normalized spacial score (nSPS) is 12.3. The minimum Gasteiger partial charge on any atom is -0.342 e. The molecule has 0 spiro atoms. The number of rotatable bonds is 5. The highest BCUT2D eigenvalue weighted by Gasteiger charge is 2.24. The maximum Gasteiger partial charge on any atom is 0.284 e. The van der Waals surface area contributed by atoms with Crippen LogP contribution < -0.4 is 5.32 Å². The number of hydrogen-bond donors (Lipinski definition) is 2. The second-order valence-corrected chi connectivity index (χ2v) is 7.11. The number of imidazole rings is 1. The van der Waals surface area contributed by atoms with Gasteiger partial charge in [0.25, 0.3) is 11.6 Å². The number of halogens is 1. The van der Waals surface area contributed by atoms with Gasteiger partial charge < -0.3 is 10.3 Å². The van der Waals surface area contributed by atoms with Gasteiger partial charge in [0.2, 0.25) is 0 Å². The number of nitro benzene ring substituents is 1. The van der Waals surface area contributed by atoms with E-state index in [1.165, 1.54) is 12.1 Å². The fourth-order valence-electron chi connectivity index (χ4n) is 2.69. The molecular formula is C18H17BrN4O3.